The molecule has 0 saturated heterocycles. The molecule has 0 aromatic rings. The van der Waals surface area contributed by atoms with Crippen LogP contribution >= 0.6 is 0 Å². The molecule has 0 aliphatic rings. The molecule has 0 radical (unpaired) electrons. The van der Waals surface area contributed by atoms with Gasteiger partial charge in [-0.25, -0.2) is 4.79 Å². The van der Waals surface area contributed by atoms with Gasteiger partial charge in [0, 0.05) is 12.8 Å². The SMILES string of the molecule is CCCCCCCCCCCCCCCC(=O)OC(=O)C(N)CCC(=O)OC. The quantitative estimate of drug-likeness (QED) is 0.202. The Morgan fingerprint density at radius 1 is 0.714 bits per heavy atom. The second-order valence-electron chi connectivity index (χ2n) is 7.51. The first-order valence-corrected chi connectivity index (χ1v) is 11.1. The van der Waals surface area contributed by atoms with Crippen molar-refractivity contribution in [2.24, 2.45) is 5.73 Å². The number of esters is 3. The average Bonchev–Trinajstić information content (AvgIpc) is 2.69. The van der Waals surface area contributed by atoms with Crippen LogP contribution in [-0.2, 0) is 23.9 Å². The molecular formula is C22H41NO5. The lowest BCUT2D eigenvalue weighted by atomic mass is 10.0. The highest BCUT2D eigenvalue weighted by molar-refractivity contribution is 5.88. The van der Waals surface area contributed by atoms with Crippen LogP contribution in [0.2, 0.25) is 0 Å². The lowest BCUT2D eigenvalue weighted by Crippen LogP contribution is -2.34. The van der Waals surface area contributed by atoms with Gasteiger partial charge in [0.15, 0.2) is 0 Å². The van der Waals surface area contributed by atoms with E-state index in [1.54, 1.807) is 0 Å². The first kappa shape index (κ1) is 26.6. The smallest absolute Gasteiger partial charge is 0.330 e. The Balaban J connectivity index is 3.47. The van der Waals surface area contributed by atoms with Crippen molar-refractivity contribution in [1.82, 2.24) is 0 Å². The van der Waals surface area contributed by atoms with Crippen molar-refractivity contribution >= 4 is 17.9 Å². The fraction of sp³-hybridized carbons (Fsp3) is 0.864. The summed E-state index contributed by atoms with van der Waals surface area (Å²) in [5.74, 6) is -1.76. The third-order valence-electron chi connectivity index (χ3n) is 4.89. The van der Waals surface area contributed by atoms with Gasteiger partial charge in [0.05, 0.1) is 7.11 Å². The summed E-state index contributed by atoms with van der Waals surface area (Å²) in [6.07, 6.45) is 16.4. The van der Waals surface area contributed by atoms with Crippen LogP contribution in [0.1, 0.15) is 110 Å². The Hall–Kier alpha value is -1.43. The molecular weight excluding hydrogens is 358 g/mol. The van der Waals surface area contributed by atoms with Gasteiger partial charge in [-0.2, -0.15) is 0 Å². The van der Waals surface area contributed by atoms with Gasteiger partial charge in [-0.3, -0.25) is 9.59 Å². The molecule has 0 aromatic carbocycles. The molecule has 1 atom stereocenters. The van der Waals surface area contributed by atoms with Crippen molar-refractivity contribution in [3.8, 4) is 0 Å². The summed E-state index contributed by atoms with van der Waals surface area (Å²) in [4.78, 5) is 34.3. The normalized spacial score (nSPS) is 11.8. The van der Waals surface area contributed by atoms with E-state index < -0.39 is 23.9 Å². The minimum atomic E-state index is -0.977. The van der Waals surface area contributed by atoms with Gasteiger partial charge >= 0.3 is 17.9 Å². The van der Waals surface area contributed by atoms with Gasteiger partial charge < -0.3 is 15.2 Å². The Bertz CT molecular complexity index is 425. The molecule has 1 unspecified atom stereocenters. The molecule has 0 amide bonds. The zero-order chi connectivity index (χ0) is 21.0. The average molecular weight is 400 g/mol. The van der Waals surface area contributed by atoms with E-state index in [1.807, 2.05) is 0 Å². The molecule has 6 nitrogen and oxygen atoms in total. The summed E-state index contributed by atoms with van der Waals surface area (Å²) in [6.45, 7) is 2.24. The summed E-state index contributed by atoms with van der Waals surface area (Å²) in [7, 11) is 1.27. The summed E-state index contributed by atoms with van der Waals surface area (Å²) in [5.41, 5.74) is 5.61. The number of ether oxygens (including phenoxy) is 2. The number of unbranched alkanes of at least 4 members (excludes halogenated alkanes) is 12. The Morgan fingerprint density at radius 3 is 1.64 bits per heavy atom. The molecule has 0 aliphatic carbocycles. The van der Waals surface area contributed by atoms with Gasteiger partial charge in [-0.1, -0.05) is 84.0 Å². The molecule has 0 rings (SSSR count). The second-order valence-corrected chi connectivity index (χ2v) is 7.51. The van der Waals surface area contributed by atoms with Crippen LogP contribution in [0.25, 0.3) is 0 Å². The van der Waals surface area contributed by atoms with Gasteiger partial charge in [0.2, 0.25) is 0 Å². The first-order chi connectivity index (χ1) is 13.5. The minimum absolute atomic E-state index is 0.0276. The van der Waals surface area contributed by atoms with E-state index in [4.69, 9.17) is 10.5 Å². The molecule has 0 heterocycles. The molecule has 28 heavy (non-hydrogen) atoms. The van der Waals surface area contributed by atoms with Gasteiger partial charge in [0.25, 0.3) is 0 Å². The fourth-order valence-electron chi connectivity index (χ4n) is 3.02. The lowest BCUT2D eigenvalue weighted by Gasteiger charge is -2.09. The number of carbonyl (C=O) groups is 3. The summed E-state index contributed by atoms with van der Waals surface area (Å²) < 4.78 is 9.21. The number of hydrogen-bond donors (Lipinski definition) is 1. The standard InChI is InChI=1S/C22H41NO5/c1-3-4-5-6-7-8-9-10-11-12-13-14-15-16-21(25)28-22(26)19(23)17-18-20(24)27-2/h19H,3-18,23H2,1-2H3. The van der Waals surface area contributed by atoms with Crippen molar-refractivity contribution in [3.63, 3.8) is 0 Å². The zero-order valence-corrected chi connectivity index (χ0v) is 18.0. The minimum Gasteiger partial charge on any atom is -0.469 e. The summed E-state index contributed by atoms with van der Waals surface area (Å²) in [6, 6.07) is -0.977. The van der Waals surface area contributed by atoms with E-state index >= 15 is 0 Å². The highest BCUT2D eigenvalue weighted by Crippen LogP contribution is 2.13. The molecule has 0 aliphatic heterocycles. The highest BCUT2D eigenvalue weighted by Gasteiger charge is 2.19. The molecule has 2 N–H and O–H groups in total. The van der Waals surface area contributed by atoms with Crippen molar-refractivity contribution in [3.05, 3.63) is 0 Å². The summed E-state index contributed by atoms with van der Waals surface area (Å²) in [5, 5.41) is 0. The molecule has 6 heteroatoms. The molecule has 0 spiro atoms. The zero-order valence-electron chi connectivity index (χ0n) is 18.0. The Kier molecular flexibility index (Phi) is 17.9. The number of nitrogens with two attached hydrogens (primary N) is 1. The van der Waals surface area contributed by atoms with E-state index in [0.29, 0.717) is 0 Å². The molecule has 0 aromatic heterocycles. The van der Waals surface area contributed by atoms with Gasteiger partial charge in [-0.05, 0) is 12.8 Å². The Labute approximate surface area is 170 Å². The van der Waals surface area contributed by atoms with Crippen LogP contribution in [0.15, 0.2) is 0 Å². The van der Waals surface area contributed by atoms with E-state index in [-0.39, 0.29) is 19.3 Å². The van der Waals surface area contributed by atoms with Crippen LogP contribution in [0.5, 0.6) is 0 Å². The van der Waals surface area contributed by atoms with E-state index in [1.165, 1.54) is 71.3 Å². The highest BCUT2D eigenvalue weighted by atomic mass is 16.6. The van der Waals surface area contributed by atoms with E-state index in [9.17, 15) is 14.4 Å². The monoisotopic (exact) mass is 399 g/mol. The fourth-order valence-corrected chi connectivity index (χ4v) is 3.02. The van der Waals surface area contributed by atoms with Crippen molar-refractivity contribution in [2.75, 3.05) is 7.11 Å². The number of carbonyl (C=O) groups excluding carboxylic acids is 3. The lowest BCUT2D eigenvalue weighted by molar-refractivity contribution is -0.160. The molecule has 164 valence electrons. The van der Waals surface area contributed by atoms with Crippen LogP contribution < -0.4 is 5.73 Å². The summed E-state index contributed by atoms with van der Waals surface area (Å²) >= 11 is 0. The van der Waals surface area contributed by atoms with Gasteiger partial charge in [-0.15, -0.1) is 0 Å². The van der Waals surface area contributed by atoms with E-state index in [0.717, 1.165) is 19.3 Å². The third kappa shape index (κ3) is 16.7. The largest absolute Gasteiger partial charge is 0.469 e. The third-order valence-corrected chi connectivity index (χ3v) is 4.89. The van der Waals surface area contributed by atoms with Gasteiger partial charge in [0.1, 0.15) is 6.04 Å². The number of methoxy groups -OCH3 is 1. The number of hydrogen-bond acceptors (Lipinski definition) is 6. The predicted molar refractivity (Wildman–Crippen MR) is 111 cm³/mol. The van der Waals surface area contributed by atoms with Crippen molar-refractivity contribution in [1.29, 1.82) is 0 Å². The predicted octanol–water partition coefficient (Wildman–Crippen LogP) is 4.82. The van der Waals surface area contributed by atoms with Crippen LogP contribution in [0, 0.1) is 0 Å². The second kappa shape index (κ2) is 18.9. The maximum atomic E-state index is 11.7. The molecule has 0 bridgehead atoms. The van der Waals surface area contributed by atoms with Crippen LogP contribution in [0.3, 0.4) is 0 Å². The van der Waals surface area contributed by atoms with E-state index in [2.05, 4.69) is 11.7 Å². The van der Waals surface area contributed by atoms with Crippen molar-refractivity contribution < 1.29 is 23.9 Å². The maximum absolute atomic E-state index is 11.7. The molecule has 0 fully saturated rings. The first-order valence-electron chi connectivity index (χ1n) is 11.1. The maximum Gasteiger partial charge on any atom is 0.330 e. The van der Waals surface area contributed by atoms with Crippen LogP contribution in [-0.4, -0.2) is 31.1 Å². The van der Waals surface area contributed by atoms with Crippen LogP contribution in [0.4, 0.5) is 0 Å². The topological polar surface area (TPSA) is 95.7 Å². The Morgan fingerprint density at radius 2 is 1.18 bits per heavy atom. The number of rotatable bonds is 18. The molecule has 0 saturated carbocycles. The van der Waals surface area contributed by atoms with Crippen molar-refractivity contribution in [2.45, 2.75) is 116 Å².